The molecule has 0 aromatic carbocycles. The van der Waals surface area contributed by atoms with Crippen LogP contribution in [0.3, 0.4) is 0 Å². The van der Waals surface area contributed by atoms with Crippen molar-refractivity contribution in [1.82, 2.24) is 4.98 Å². The van der Waals surface area contributed by atoms with Crippen molar-refractivity contribution in [3.05, 3.63) is 29.6 Å². The SMILES string of the molecule is Cc1ccc(C(O)C2(C#N)CCS(=O)(=O)C2)nc1. The maximum atomic E-state index is 11.5. The van der Waals surface area contributed by atoms with Crippen LogP contribution in [0.4, 0.5) is 0 Å². The molecule has 0 saturated carbocycles. The van der Waals surface area contributed by atoms with Gasteiger partial charge in [0.2, 0.25) is 0 Å². The minimum atomic E-state index is -3.24. The number of hydrogen-bond donors (Lipinski definition) is 1. The molecule has 0 bridgehead atoms. The molecule has 2 rings (SSSR count). The zero-order chi connectivity index (χ0) is 13.4. The molecule has 6 heteroatoms. The van der Waals surface area contributed by atoms with Gasteiger partial charge in [0.15, 0.2) is 9.84 Å². The van der Waals surface area contributed by atoms with Gasteiger partial charge in [0.05, 0.1) is 23.3 Å². The van der Waals surface area contributed by atoms with Crippen LogP contribution in [0.2, 0.25) is 0 Å². The lowest BCUT2D eigenvalue weighted by atomic mass is 9.81. The van der Waals surface area contributed by atoms with Crippen LogP contribution in [-0.2, 0) is 9.84 Å². The van der Waals surface area contributed by atoms with Crippen molar-refractivity contribution in [2.45, 2.75) is 19.4 Å². The highest BCUT2D eigenvalue weighted by molar-refractivity contribution is 7.91. The quantitative estimate of drug-likeness (QED) is 0.853. The highest BCUT2D eigenvalue weighted by atomic mass is 32.2. The molecule has 2 atom stereocenters. The molecule has 2 heterocycles. The van der Waals surface area contributed by atoms with Crippen LogP contribution in [0.25, 0.3) is 0 Å². The molecule has 1 fully saturated rings. The second-order valence-corrected chi connectivity index (χ2v) is 6.96. The molecule has 1 aliphatic rings. The molecule has 96 valence electrons. The van der Waals surface area contributed by atoms with Gasteiger partial charge in [0.25, 0.3) is 0 Å². The topological polar surface area (TPSA) is 91.0 Å². The van der Waals surface area contributed by atoms with Crippen molar-refractivity contribution in [3.63, 3.8) is 0 Å². The lowest BCUT2D eigenvalue weighted by molar-refractivity contribution is 0.0754. The zero-order valence-electron chi connectivity index (χ0n) is 10.00. The normalized spacial score (nSPS) is 27.6. The summed E-state index contributed by atoms with van der Waals surface area (Å²) in [7, 11) is -3.24. The lowest BCUT2D eigenvalue weighted by Crippen LogP contribution is -2.29. The highest BCUT2D eigenvalue weighted by Crippen LogP contribution is 2.42. The maximum Gasteiger partial charge on any atom is 0.152 e. The predicted octanol–water partition coefficient (Wildman–Crippen LogP) is 0.752. The monoisotopic (exact) mass is 266 g/mol. The summed E-state index contributed by atoms with van der Waals surface area (Å²) in [4.78, 5) is 4.07. The van der Waals surface area contributed by atoms with Crippen LogP contribution in [0.1, 0.15) is 23.8 Å². The van der Waals surface area contributed by atoms with Gasteiger partial charge in [-0.25, -0.2) is 8.42 Å². The number of rotatable bonds is 2. The van der Waals surface area contributed by atoms with Gasteiger partial charge in [-0.2, -0.15) is 5.26 Å². The van der Waals surface area contributed by atoms with E-state index in [0.29, 0.717) is 5.69 Å². The van der Waals surface area contributed by atoms with Crippen LogP contribution in [0.5, 0.6) is 0 Å². The summed E-state index contributed by atoms with van der Waals surface area (Å²) >= 11 is 0. The third-order valence-corrected chi connectivity index (χ3v) is 5.08. The summed E-state index contributed by atoms with van der Waals surface area (Å²) < 4.78 is 23.0. The van der Waals surface area contributed by atoms with Crippen molar-refractivity contribution in [1.29, 1.82) is 5.26 Å². The fraction of sp³-hybridized carbons (Fsp3) is 0.500. The second-order valence-electron chi connectivity index (χ2n) is 4.77. The minimum absolute atomic E-state index is 0.0521. The van der Waals surface area contributed by atoms with E-state index in [4.69, 9.17) is 0 Å². The van der Waals surface area contributed by atoms with Crippen LogP contribution in [-0.4, -0.2) is 30.0 Å². The van der Waals surface area contributed by atoms with Gasteiger partial charge < -0.3 is 5.11 Å². The first-order valence-corrected chi connectivity index (χ1v) is 7.43. The second kappa shape index (κ2) is 4.34. The molecular weight excluding hydrogens is 252 g/mol. The average molecular weight is 266 g/mol. The molecule has 1 saturated heterocycles. The highest BCUT2D eigenvalue weighted by Gasteiger charge is 2.49. The molecule has 1 aliphatic heterocycles. The summed E-state index contributed by atoms with van der Waals surface area (Å²) in [5.41, 5.74) is 0.0245. The Morgan fingerprint density at radius 3 is 2.72 bits per heavy atom. The molecule has 0 aliphatic carbocycles. The fourth-order valence-electron chi connectivity index (χ4n) is 2.16. The van der Waals surface area contributed by atoms with E-state index >= 15 is 0 Å². The number of pyridine rings is 1. The molecule has 18 heavy (non-hydrogen) atoms. The Balaban J connectivity index is 2.35. The summed E-state index contributed by atoms with van der Waals surface area (Å²) in [6, 6.07) is 5.38. The van der Waals surface area contributed by atoms with Gasteiger partial charge in [0.1, 0.15) is 11.5 Å². The van der Waals surface area contributed by atoms with Gasteiger partial charge in [-0.1, -0.05) is 6.07 Å². The predicted molar refractivity (Wildman–Crippen MR) is 65.3 cm³/mol. The van der Waals surface area contributed by atoms with Gasteiger partial charge in [-0.15, -0.1) is 0 Å². The first-order chi connectivity index (χ1) is 8.38. The van der Waals surface area contributed by atoms with Crippen LogP contribution < -0.4 is 0 Å². The van der Waals surface area contributed by atoms with Crippen LogP contribution in [0, 0.1) is 23.7 Å². The number of aromatic nitrogens is 1. The number of nitrogens with zero attached hydrogens (tertiary/aromatic N) is 2. The third kappa shape index (κ3) is 2.24. The number of aliphatic hydroxyl groups is 1. The van der Waals surface area contributed by atoms with Crippen molar-refractivity contribution < 1.29 is 13.5 Å². The van der Waals surface area contributed by atoms with Crippen molar-refractivity contribution in [2.24, 2.45) is 5.41 Å². The number of hydrogen-bond acceptors (Lipinski definition) is 5. The first-order valence-electron chi connectivity index (χ1n) is 5.61. The summed E-state index contributed by atoms with van der Waals surface area (Å²) in [6.45, 7) is 1.86. The average Bonchev–Trinajstić information content (AvgIpc) is 2.66. The van der Waals surface area contributed by atoms with Crippen molar-refractivity contribution >= 4 is 9.84 Å². The van der Waals surface area contributed by atoms with E-state index in [2.05, 4.69) is 4.98 Å². The molecule has 5 nitrogen and oxygen atoms in total. The lowest BCUT2D eigenvalue weighted by Gasteiger charge is -2.25. The molecule has 0 amide bonds. The minimum Gasteiger partial charge on any atom is -0.385 e. The number of aliphatic hydroxyl groups excluding tert-OH is 1. The van der Waals surface area contributed by atoms with Gasteiger partial charge >= 0.3 is 0 Å². The van der Waals surface area contributed by atoms with Gasteiger partial charge in [0, 0.05) is 6.20 Å². The Morgan fingerprint density at radius 2 is 2.28 bits per heavy atom. The Labute approximate surface area is 106 Å². The Kier molecular flexibility index (Phi) is 3.13. The number of sulfone groups is 1. The standard InChI is InChI=1S/C12H14N2O3S/c1-9-2-3-10(14-6-9)11(15)12(7-13)4-5-18(16,17)8-12/h2-3,6,11,15H,4-5,8H2,1H3. The van der Waals surface area contributed by atoms with E-state index in [1.807, 2.05) is 13.0 Å². The zero-order valence-corrected chi connectivity index (χ0v) is 10.8. The third-order valence-electron chi connectivity index (χ3n) is 3.30. The number of nitriles is 1. The van der Waals surface area contributed by atoms with Crippen LogP contribution >= 0.6 is 0 Å². The summed E-state index contributed by atoms with van der Waals surface area (Å²) in [5.74, 6) is -0.350. The molecule has 1 aromatic rings. The fourth-order valence-corrected chi connectivity index (χ4v) is 4.13. The van der Waals surface area contributed by atoms with Gasteiger partial charge in [-0.3, -0.25) is 4.98 Å². The molecule has 1 N–H and O–H groups in total. The Bertz CT molecular complexity index is 589. The summed E-state index contributed by atoms with van der Waals surface area (Å²) in [5, 5.41) is 19.5. The van der Waals surface area contributed by atoms with E-state index in [1.54, 1.807) is 18.3 Å². The summed E-state index contributed by atoms with van der Waals surface area (Å²) in [6.07, 6.45) is 0.579. The molecule has 0 spiro atoms. The van der Waals surface area contributed by atoms with Crippen molar-refractivity contribution in [3.8, 4) is 6.07 Å². The first kappa shape index (κ1) is 13.0. The smallest absolute Gasteiger partial charge is 0.152 e. The van der Waals surface area contributed by atoms with E-state index in [9.17, 15) is 18.8 Å². The van der Waals surface area contributed by atoms with Crippen molar-refractivity contribution in [2.75, 3.05) is 11.5 Å². The molecule has 2 unspecified atom stereocenters. The van der Waals surface area contributed by atoms with Crippen LogP contribution in [0.15, 0.2) is 18.3 Å². The van der Waals surface area contributed by atoms with E-state index < -0.39 is 21.4 Å². The van der Waals surface area contributed by atoms with Gasteiger partial charge in [-0.05, 0) is 25.0 Å². The largest absolute Gasteiger partial charge is 0.385 e. The maximum absolute atomic E-state index is 11.5. The van der Waals surface area contributed by atoms with E-state index in [1.165, 1.54) is 0 Å². The Morgan fingerprint density at radius 1 is 1.56 bits per heavy atom. The Hall–Kier alpha value is -1.45. The van der Waals surface area contributed by atoms with E-state index in [-0.39, 0.29) is 17.9 Å². The molecule has 0 radical (unpaired) electrons. The van der Waals surface area contributed by atoms with E-state index in [0.717, 1.165) is 5.56 Å². The number of aryl methyl sites for hydroxylation is 1. The molecule has 1 aromatic heterocycles. The molecular formula is C12H14N2O3S.